The number of nitrogens with one attached hydrogen (secondary N) is 1. The molecule has 3 N–H and O–H groups in total. The minimum Gasteiger partial charge on any atom is -0.479 e. The fourth-order valence-electron chi connectivity index (χ4n) is 6.16. The third-order valence-electron chi connectivity index (χ3n) is 8.87. The van der Waals surface area contributed by atoms with Crippen LogP contribution in [0.4, 0.5) is 14.0 Å². The van der Waals surface area contributed by atoms with Gasteiger partial charge in [0, 0.05) is 24.4 Å². The topological polar surface area (TPSA) is 166 Å². The van der Waals surface area contributed by atoms with E-state index in [9.17, 15) is 38.7 Å². The van der Waals surface area contributed by atoms with Crippen LogP contribution < -0.4 is 5.32 Å². The number of nitrogens with zero attached hydrogens (tertiary/aromatic N) is 3. The van der Waals surface area contributed by atoms with Gasteiger partial charge in [0.2, 0.25) is 11.8 Å². The van der Waals surface area contributed by atoms with Gasteiger partial charge in [-0.2, -0.15) is 5.06 Å². The lowest BCUT2D eigenvalue weighted by Gasteiger charge is -2.33. The van der Waals surface area contributed by atoms with Gasteiger partial charge in [-0.1, -0.05) is 62.4 Å². The van der Waals surface area contributed by atoms with E-state index in [1.807, 2.05) is 0 Å². The lowest BCUT2D eigenvalue weighted by molar-refractivity contribution is -0.163. The Balaban J connectivity index is 1.33. The summed E-state index contributed by atoms with van der Waals surface area (Å²) in [5.41, 5.74) is 0.0449. The van der Waals surface area contributed by atoms with E-state index in [0.29, 0.717) is 16.7 Å². The number of carbonyl (C=O) groups excluding carboxylic acids is 4. The Bertz CT molecular complexity index is 1570. The predicted molar refractivity (Wildman–Crippen MR) is 162 cm³/mol. The summed E-state index contributed by atoms with van der Waals surface area (Å²) >= 11 is 0. The summed E-state index contributed by atoms with van der Waals surface area (Å²) in [5, 5.41) is 23.4. The number of carboxylic acids is 1. The number of rotatable bonds is 10. The van der Waals surface area contributed by atoms with Crippen LogP contribution in [0.5, 0.6) is 0 Å². The maximum atomic E-state index is 14.3. The summed E-state index contributed by atoms with van der Waals surface area (Å²) in [6.07, 6.45) is -1.66. The van der Waals surface area contributed by atoms with Gasteiger partial charge in [-0.15, -0.1) is 6.58 Å². The molecule has 0 spiro atoms. The molecule has 1 aliphatic carbocycles. The summed E-state index contributed by atoms with van der Waals surface area (Å²) in [6, 6.07) is 10.4. The van der Waals surface area contributed by atoms with Crippen LogP contribution in [-0.2, 0) is 43.6 Å². The zero-order chi connectivity index (χ0) is 34.0. The molecule has 0 bridgehead atoms. The Labute approximate surface area is 270 Å². The molecule has 14 heteroatoms. The highest BCUT2D eigenvalue weighted by Gasteiger charge is 2.61. The zero-order valence-corrected chi connectivity index (χ0v) is 26.0. The van der Waals surface area contributed by atoms with Gasteiger partial charge in [-0.05, 0) is 29.5 Å². The molecule has 1 saturated heterocycles. The molecule has 5 rings (SSSR count). The molecule has 2 aromatic carbocycles. The normalized spacial score (nSPS) is 23.5. The van der Waals surface area contributed by atoms with Gasteiger partial charge in [0.1, 0.15) is 36.2 Å². The number of carbonyl (C=O) groups is 5. The van der Waals surface area contributed by atoms with Gasteiger partial charge < -0.3 is 24.8 Å². The molecule has 13 nitrogen and oxygen atoms in total. The smallest absolute Gasteiger partial charge is 0.434 e. The second kappa shape index (κ2) is 13.4. The third-order valence-corrected chi connectivity index (χ3v) is 8.87. The number of fused-ring (bicyclic) bond motifs is 1. The van der Waals surface area contributed by atoms with E-state index in [-0.39, 0.29) is 44.1 Å². The molecular formula is C33H37FN4O9. The van der Waals surface area contributed by atoms with Crippen molar-refractivity contribution in [2.45, 2.75) is 70.1 Å². The van der Waals surface area contributed by atoms with Gasteiger partial charge in [0.15, 0.2) is 0 Å². The van der Waals surface area contributed by atoms with Crippen molar-refractivity contribution in [3.8, 4) is 0 Å². The highest BCUT2D eigenvalue weighted by molar-refractivity contribution is 5.96. The number of hydrogen-bond acceptors (Lipinski definition) is 8. The number of aliphatic carboxylic acids is 1. The SMILES string of the molecule is C=C[C@@H]1CC1(NC(=O)[C@@H]1C[C@@H](OC(=O)N2Cc3cccc(F)c3C2)CN1C(=O)C(C(C)C)N(O)C(=O)OCc1ccccc1)C(=O)O. The standard InChI is InChI=1S/C33H37FN4O9/c1-4-22-14-33(22,30(41)42)35-28(39)26-13-23(47-31(43)36-15-21-11-8-12-25(34)24(21)17-36)16-37(26)29(40)27(19(2)3)38(45)32(44)46-18-20-9-6-5-7-10-20/h4-12,19,22-23,26-27,45H,1,13-18H2,2-3H3,(H,35,39)(H,41,42)/t22-,23-,26+,27?,33?/m1/s1. The first-order valence-corrected chi connectivity index (χ1v) is 15.2. The number of ether oxygens (including phenoxy) is 2. The Morgan fingerprint density at radius 3 is 2.47 bits per heavy atom. The van der Waals surface area contributed by atoms with E-state index in [1.165, 1.54) is 17.0 Å². The van der Waals surface area contributed by atoms with Crippen molar-refractivity contribution in [1.82, 2.24) is 20.2 Å². The average Bonchev–Trinajstić information content (AvgIpc) is 3.35. The molecule has 2 unspecified atom stereocenters. The van der Waals surface area contributed by atoms with E-state index in [1.54, 1.807) is 56.3 Å². The fourth-order valence-corrected chi connectivity index (χ4v) is 6.16. The van der Waals surface area contributed by atoms with Gasteiger partial charge in [0.25, 0.3) is 0 Å². The monoisotopic (exact) mass is 652 g/mol. The molecule has 1 saturated carbocycles. The minimum absolute atomic E-state index is 0.0236. The van der Waals surface area contributed by atoms with Crippen LogP contribution in [0, 0.1) is 17.7 Å². The van der Waals surface area contributed by atoms with Gasteiger partial charge in [-0.25, -0.2) is 18.8 Å². The van der Waals surface area contributed by atoms with Crippen molar-refractivity contribution in [2.24, 2.45) is 11.8 Å². The largest absolute Gasteiger partial charge is 0.479 e. The number of hydrogen-bond donors (Lipinski definition) is 3. The van der Waals surface area contributed by atoms with Gasteiger partial charge >= 0.3 is 18.2 Å². The molecule has 250 valence electrons. The van der Waals surface area contributed by atoms with Crippen LogP contribution in [0.25, 0.3) is 0 Å². The van der Waals surface area contributed by atoms with Crippen LogP contribution in [0.15, 0.2) is 61.2 Å². The maximum absolute atomic E-state index is 14.3. The summed E-state index contributed by atoms with van der Waals surface area (Å²) in [7, 11) is 0. The fraction of sp³-hybridized carbons (Fsp3) is 0.424. The number of hydroxylamine groups is 2. The average molecular weight is 653 g/mol. The quantitative estimate of drug-likeness (QED) is 0.198. The molecule has 0 aromatic heterocycles. The highest BCUT2D eigenvalue weighted by atomic mass is 19.1. The lowest BCUT2D eigenvalue weighted by atomic mass is 10.0. The molecule has 5 atom stereocenters. The van der Waals surface area contributed by atoms with Crippen molar-refractivity contribution >= 4 is 30.0 Å². The van der Waals surface area contributed by atoms with Gasteiger partial charge in [0.05, 0.1) is 13.1 Å². The van der Waals surface area contributed by atoms with Crippen LogP contribution >= 0.6 is 0 Å². The first-order valence-electron chi connectivity index (χ1n) is 15.2. The molecule has 4 amide bonds. The van der Waals surface area contributed by atoms with Crippen molar-refractivity contribution < 1.29 is 48.2 Å². The van der Waals surface area contributed by atoms with Crippen molar-refractivity contribution in [3.05, 3.63) is 83.7 Å². The molecule has 47 heavy (non-hydrogen) atoms. The first kappa shape index (κ1) is 33.4. The van der Waals surface area contributed by atoms with Crippen LogP contribution in [0.2, 0.25) is 0 Å². The van der Waals surface area contributed by atoms with Crippen molar-refractivity contribution in [1.29, 1.82) is 0 Å². The summed E-state index contributed by atoms with van der Waals surface area (Å²) in [5.74, 6) is -4.56. The zero-order valence-electron chi connectivity index (χ0n) is 26.0. The Morgan fingerprint density at radius 1 is 1.13 bits per heavy atom. The Hall–Kier alpha value is -4.98. The number of amides is 4. The van der Waals surface area contributed by atoms with Crippen molar-refractivity contribution in [3.63, 3.8) is 0 Å². The van der Waals surface area contributed by atoms with Gasteiger partial charge in [-0.3, -0.25) is 19.7 Å². The molecule has 3 aliphatic rings. The molecule has 0 radical (unpaired) electrons. The first-order chi connectivity index (χ1) is 22.4. The minimum atomic E-state index is -1.60. The summed E-state index contributed by atoms with van der Waals surface area (Å²) < 4.78 is 25.2. The van der Waals surface area contributed by atoms with E-state index < -0.39 is 71.3 Å². The van der Waals surface area contributed by atoms with E-state index in [2.05, 4.69) is 11.9 Å². The van der Waals surface area contributed by atoms with E-state index >= 15 is 0 Å². The highest BCUT2D eigenvalue weighted by Crippen LogP contribution is 2.45. The number of halogens is 1. The summed E-state index contributed by atoms with van der Waals surface area (Å²) in [4.78, 5) is 68.1. The molecule has 2 fully saturated rings. The van der Waals surface area contributed by atoms with Crippen LogP contribution in [-0.4, -0.2) is 85.4 Å². The molecule has 2 aliphatic heterocycles. The predicted octanol–water partition coefficient (Wildman–Crippen LogP) is 3.45. The van der Waals surface area contributed by atoms with Crippen LogP contribution in [0.3, 0.4) is 0 Å². The third kappa shape index (κ3) is 6.77. The Morgan fingerprint density at radius 2 is 1.85 bits per heavy atom. The van der Waals surface area contributed by atoms with E-state index in [4.69, 9.17) is 9.47 Å². The molecular weight excluding hydrogens is 615 g/mol. The second-order valence-electron chi connectivity index (χ2n) is 12.4. The molecule has 2 heterocycles. The Kier molecular flexibility index (Phi) is 9.52. The van der Waals surface area contributed by atoms with Crippen LogP contribution in [0.1, 0.15) is 43.4 Å². The number of benzene rings is 2. The second-order valence-corrected chi connectivity index (χ2v) is 12.4. The van der Waals surface area contributed by atoms with Crippen molar-refractivity contribution in [2.75, 3.05) is 6.54 Å². The number of carboxylic acid groups (broad SMARTS) is 1. The van der Waals surface area contributed by atoms with E-state index in [0.717, 1.165) is 4.90 Å². The molecule has 2 aromatic rings. The lowest BCUT2D eigenvalue weighted by Crippen LogP contribution is -2.57. The maximum Gasteiger partial charge on any atom is 0.434 e. The number of likely N-dealkylation sites (tertiary alicyclic amines) is 1. The summed E-state index contributed by atoms with van der Waals surface area (Å²) in [6.45, 7) is 6.41.